The number of carbonyl (C=O) groups is 2. The SMILES string of the molecule is C=CCNC(=O)O[C@H]1CCC[C@@](C)(CNC(=O)c2ccccc2C)C1. The van der Waals surface area contributed by atoms with Crippen molar-refractivity contribution in [3.63, 3.8) is 0 Å². The van der Waals surface area contributed by atoms with Crippen LogP contribution in [-0.2, 0) is 4.74 Å². The number of nitrogens with one attached hydrogen (secondary N) is 2. The number of ether oxygens (including phenoxy) is 1. The standard InChI is InChI=1S/C20H28N2O3/c1-4-12-21-19(24)25-16-9-7-11-20(3,13-16)14-22-18(23)17-10-6-5-8-15(17)2/h4-6,8,10,16H,1,7,9,11-14H2,2-3H3,(H,21,24)(H,22,23)/t16-,20+/m0/s1. The highest BCUT2D eigenvalue weighted by atomic mass is 16.6. The first-order valence-electron chi connectivity index (χ1n) is 8.83. The number of amides is 2. The van der Waals surface area contributed by atoms with Gasteiger partial charge in [0.25, 0.3) is 5.91 Å². The number of rotatable bonds is 6. The molecule has 2 rings (SSSR count). The zero-order valence-electron chi connectivity index (χ0n) is 15.1. The molecule has 1 aliphatic carbocycles. The maximum atomic E-state index is 12.4. The highest BCUT2D eigenvalue weighted by Crippen LogP contribution is 2.36. The van der Waals surface area contributed by atoms with Crippen LogP contribution in [0.15, 0.2) is 36.9 Å². The largest absolute Gasteiger partial charge is 0.446 e. The van der Waals surface area contributed by atoms with Crippen molar-refractivity contribution in [1.82, 2.24) is 10.6 Å². The molecule has 1 aromatic rings. The van der Waals surface area contributed by atoms with Gasteiger partial charge < -0.3 is 15.4 Å². The summed E-state index contributed by atoms with van der Waals surface area (Å²) < 4.78 is 5.49. The lowest BCUT2D eigenvalue weighted by molar-refractivity contribution is 0.0316. The van der Waals surface area contributed by atoms with Gasteiger partial charge in [0.1, 0.15) is 6.10 Å². The summed E-state index contributed by atoms with van der Waals surface area (Å²) in [5.74, 6) is -0.0499. The van der Waals surface area contributed by atoms with Crippen molar-refractivity contribution in [1.29, 1.82) is 0 Å². The number of carbonyl (C=O) groups excluding carboxylic acids is 2. The Bertz CT molecular complexity index is 629. The van der Waals surface area contributed by atoms with E-state index in [0.717, 1.165) is 31.2 Å². The Balaban J connectivity index is 1.88. The van der Waals surface area contributed by atoms with Crippen LogP contribution in [0.25, 0.3) is 0 Å². The fraction of sp³-hybridized carbons (Fsp3) is 0.500. The van der Waals surface area contributed by atoms with Crippen LogP contribution in [0.2, 0.25) is 0 Å². The van der Waals surface area contributed by atoms with Gasteiger partial charge >= 0.3 is 6.09 Å². The Morgan fingerprint density at radius 2 is 2.12 bits per heavy atom. The Morgan fingerprint density at radius 1 is 1.36 bits per heavy atom. The lowest BCUT2D eigenvalue weighted by atomic mass is 9.74. The molecule has 5 heteroatoms. The number of hydrogen-bond donors (Lipinski definition) is 2. The molecule has 1 aromatic carbocycles. The van der Waals surface area contributed by atoms with Gasteiger partial charge in [0, 0.05) is 18.7 Å². The van der Waals surface area contributed by atoms with Gasteiger partial charge in [-0.05, 0) is 49.7 Å². The third-order valence-corrected chi connectivity index (χ3v) is 4.76. The summed E-state index contributed by atoms with van der Waals surface area (Å²) in [6.45, 7) is 8.61. The molecule has 136 valence electrons. The molecule has 2 N–H and O–H groups in total. The van der Waals surface area contributed by atoms with E-state index in [1.165, 1.54) is 0 Å². The van der Waals surface area contributed by atoms with Crippen LogP contribution in [0.3, 0.4) is 0 Å². The van der Waals surface area contributed by atoms with Crippen LogP contribution in [-0.4, -0.2) is 31.2 Å². The molecule has 0 radical (unpaired) electrons. The van der Waals surface area contributed by atoms with Crippen LogP contribution >= 0.6 is 0 Å². The van der Waals surface area contributed by atoms with Crippen molar-refractivity contribution >= 4 is 12.0 Å². The molecule has 1 aliphatic rings. The van der Waals surface area contributed by atoms with Gasteiger partial charge in [-0.15, -0.1) is 6.58 Å². The number of aryl methyl sites for hydroxylation is 1. The minimum Gasteiger partial charge on any atom is -0.446 e. The van der Waals surface area contributed by atoms with E-state index in [9.17, 15) is 9.59 Å². The van der Waals surface area contributed by atoms with Crippen molar-refractivity contribution in [3.05, 3.63) is 48.0 Å². The summed E-state index contributed by atoms with van der Waals surface area (Å²) in [5, 5.41) is 5.69. The third kappa shape index (κ3) is 5.62. The van der Waals surface area contributed by atoms with Crippen LogP contribution in [0.4, 0.5) is 4.79 Å². The van der Waals surface area contributed by atoms with Gasteiger partial charge in [0.2, 0.25) is 0 Å². The van der Waals surface area contributed by atoms with Crippen molar-refractivity contribution in [2.75, 3.05) is 13.1 Å². The van der Waals surface area contributed by atoms with E-state index < -0.39 is 6.09 Å². The maximum absolute atomic E-state index is 12.4. The van der Waals surface area contributed by atoms with Gasteiger partial charge in [-0.2, -0.15) is 0 Å². The molecule has 1 saturated carbocycles. The molecule has 0 heterocycles. The fourth-order valence-corrected chi connectivity index (χ4v) is 3.34. The molecule has 0 spiro atoms. The van der Waals surface area contributed by atoms with E-state index in [2.05, 4.69) is 24.1 Å². The van der Waals surface area contributed by atoms with Crippen LogP contribution in [0, 0.1) is 12.3 Å². The molecule has 0 bridgehead atoms. The van der Waals surface area contributed by atoms with E-state index in [1.807, 2.05) is 31.2 Å². The molecule has 0 aromatic heterocycles. The van der Waals surface area contributed by atoms with Crippen LogP contribution in [0.1, 0.15) is 48.5 Å². The number of benzene rings is 1. The van der Waals surface area contributed by atoms with Gasteiger partial charge in [-0.1, -0.05) is 31.2 Å². The first kappa shape index (κ1) is 19.0. The summed E-state index contributed by atoms with van der Waals surface area (Å²) in [6, 6.07) is 7.57. The summed E-state index contributed by atoms with van der Waals surface area (Å²) in [4.78, 5) is 24.1. The molecular formula is C20H28N2O3. The molecule has 5 nitrogen and oxygen atoms in total. The van der Waals surface area contributed by atoms with Gasteiger partial charge in [-0.25, -0.2) is 4.79 Å². The second-order valence-corrected chi connectivity index (χ2v) is 7.10. The Hall–Kier alpha value is -2.30. The monoisotopic (exact) mass is 344 g/mol. The summed E-state index contributed by atoms with van der Waals surface area (Å²) >= 11 is 0. The molecule has 25 heavy (non-hydrogen) atoms. The van der Waals surface area contributed by atoms with Crippen molar-refractivity contribution in [2.45, 2.75) is 45.6 Å². The van der Waals surface area contributed by atoms with E-state index in [4.69, 9.17) is 4.74 Å². The zero-order chi connectivity index (χ0) is 18.3. The Kier molecular flexibility index (Phi) is 6.62. The van der Waals surface area contributed by atoms with Crippen LogP contribution in [0.5, 0.6) is 0 Å². The number of hydrogen-bond acceptors (Lipinski definition) is 3. The van der Waals surface area contributed by atoms with E-state index in [-0.39, 0.29) is 17.4 Å². The average molecular weight is 344 g/mol. The third-order valence-electron chi connectivity index (χ3n) is 4.76. The molecule has 2 atom stereocenters. The average Bonchev–Trinajstić information content (AvgIpc) is 2.58. The van der Waals surface area contributed by atoms with Crippen molar-refractivity contribution in [3.8, 4) is 0 Å². The summed E-state index contributed by atoms with van der Waals surface area (Å²) in [6.07, 6.45) is 4.71. The first-order valence-corrected chi connectivity index (χ1v) is 8.83. The van der Waals surface area contributed by atoms with E-state index in [1.54, 1.807) is 6.08 Å². The maximum Gasteiger partial charge on any atom is 0.407 e. The predicted molar refractivity (Wildman–Crippen MR) is 98.6 cm³/mol. The molecule has 1 fully saturated rings. The van der Waals surface area contributed by atoms with Gasteiger partial charge in [-0.3, -0.25) is 4.79 Å². The first-order chi connectivity index (χ1) is 11.9. The minimum atomic E-state index is -0.405. The Labute approximate surface area is 149 Å². The number of alkyl carbamates (subject to hydrolysis) is 1. The smallest absolute Gasteiger partial charge is 0.407 e. The molecule has 0 aliphatic heterocycles. The highest BCUT2D eigenvalue weighted by molar-refractivity contribution is 5.95. The molecule has 0 saturated heterocycles. The molecular weight excluding hydrogens is 316 g/mol. The fourth-order valence-electron chi connectivity index (χ4n) is 3.34. The lowest BCUT2D eigenvalue weighted by Gasteiger charge is -2.37. The van der Waals surface area contributed by atoms with Gasteiger partial charge in [0.05, 0.1) is 0 Å². The van der Waals surface area contributed by atoms with Gasteiger partial charge in [0.15, 0.2) is 0 Å². The molecule has 0 unspecified atom stereocenters. The van der Waals surface area contributed by atoms with Crippen molar-refractivity contribution < 1.29 is 14.3 Å². The highest BCUT2D eigenvalue weighted by Gasteiger charge is 2.34. The second kappa shape index (κ2) is 8.70. The Morgan fingerprint density at radius 3 is 2.84 bits per heavy atom. The predicted octanol–water partition coefficient (Wildman–Crippen LogP) is 3.59. The van der Waals surface area contributed by atoms with E-state index in [0.29, 0.717) is 18.7 Å². The summed E-state index contributed by atoms with van der Waals surface area (Å²) in [7, 11) is 0. The van der Waals surface area contributed by atoms with E-state index >= 15 is 0 Å². The minimum absolute atomic E-state index is 0.0499. The van der Waals surface area contributed by atoms with Crippen LogP contribution < -0.4 is 10.6 Å². The quantitative estimate of drug-likeness (QED) is 0.775. The zero-order valence-corrected chi connectivity index (χ0v) is 15.1. The lowest BCUT2D eigenvalue weighted by Crippen LogP contribution is -2.42. The normalized spacial score (nSPS) is 22.7. The van der Waals surface area contributed by atoms with Crippen molar-refractivity contribution in [2.24, 2.45) is 5.41 Å². The second-order valence-electron chi connectivity index (χ2n) is 7.10. The summed E-state index contributed by atoms with van der Waals surface area (Å²) in [5.41, 5.74) is 1.60. The topological polar surface area (TPSA) is 67.4 Å². The molecule has 2 amide bonds.